The average Bonchev–Trinajstić information content (AvgIpc) is 3.27. The fourth-order valence-corrected chi connectivity index (χ4v) is 3.81. The lowest BCUT2D eigenvalue weighted by atomic mass is 9.91. The first-order chi connectivity index (χ1) is 15.1. The van der Waals surface area contributed by atoms with Crippen molar-refractivity contribution in [3.8, 4) is 17.2 Å². The number of nitrogens with zero attached hydrogens (tertiary/aromatic N) is 1. The molecule has 0 N–H and O–H groups in total. The van der Waals surface area contributed by atoms with Gasteiger partial charge in [-0.25, -0.2) is 0 Å². The smallest absolute Gasteiger partial charge is 0.261 e. The largest absolute Gasteiger partial charge is 0.497 e. The van der Waals surface area contributed by atoms with Crippen LogP contribution in [0.4, 0.5) is 0 Å². The normalized spacial score (nSPS) is 15.9. The van der Waals surface area contributed by atoms with E-state index < -0.39 is 0 Å². The summed E-state index contributed by atoms with van der Waals surface area (Å²) in [7, 11) is 1.60. The third-order valence-electron chi connectivity index (χ3n) is 5.35. The van der Waals surface area contributed by atoms with Gasteiger partial charge in [0.25, 0.3) is 11.8 Å². The fraction of sp³-hybridized carbons (Fsp3) is 0.120. The van der Waals surface area contributed by atoms with Gasteiger partial charge in [-0.2, -0.15) is 0 Å². The molecule has 0 saturated heterocycles. The highest BCUT2D eigenvalue weighted by Gasteiger charge is 2.34. The summed E-state index contributed by atoms with van der Waals surface area (Å²) < 4.78 is 16.1. The van der Waals surface area contributed by atoms with Crippen LogP contribution < -0.4 is 14.2 Å². The second-order valence-corrected chi connectivity index (χ2v) is 7.26. The number of amides is 2. The second-order valence-electron chi connectivity index (χ2n) is 7.26. The summed E-state index contributed by atoms with van der Waals surface area (Å²) >= 11 is 0. The number of fused-ring (bicyclic) bond motifs is 2. The van der Waals surface area contributed by atoms with E-state index >= 15 is 0 Å². The van der Waals surface area contributed by atoms with Crippen molar-refractivity contribution in [3.63, 3.8) is 0 Å². The first-order valence-electron chi connectivity index (χ1n) is 9.84. The molecule has 0 atom stereocenters. The summed E-state index contributed by atoms with van der Waals surface area (Å²) in [6, 6.07) is 20.0. The molecule has 3 aromatic rings. The summed E-state index contributed by atoms with van der Waals surface area (Å²) in [5, 5.41) is 0. The SMILES string of the molecule is COc1cccc(C=C2C(=O)N(Cc3ccc4c(c3)OCO4)C(=O)c3ccccc32)c1. The first kappa shape index (κ1) is 18.9. The monoisotopic (exact) mass is 413 g/mol. The van der Waals surface area contributed by atoms with E-state index in [0.717, 1.165) is 11.1 Å². The van der Waals surface area contributed by atoms with Crippen LogP contribution in [0.3, 0.4) is 0 Å². The third-order valence-corrected chi connectivity index (χ3v) is 5.35. The van der Waals surface area contributed by atoms with E-state index in [4.69, 9.17) is 14.2 Å². The van der Waals surface area contributed by atoms with Crippen LogP contribution in [0.5, 0.6) is 17.2 Å². The Morgan fingerprint density at radius 3 is 2.55 bits per heavy atom. The number of methoxy groups -OCH3 is 1. The van der Waals surface area contributed by atoms with Crippen LogP contribution in [0.1, 0.15) is 27.0 Å². The van der Waals surface area contributed by atoms with E-state index in [0.29, 0.717) is 33.9 Å². The van der Waals surface area contributed by atoms with Gasteiger partial charge in [0.1, 0.15) is 5.75 Å². The molecule has 5 rings (SSSR count). The minimum Gasteiger partial charge on any atom is -0.497 e. The Balaban J connectivity index is 1.55. The molecule has 0 bridgehead atoms. The van der Waals surface area contributed by atoms with E-state index in [1.54, 1.807) is 43.5 Å². The van der Waals surface area contributed by atoms with Gasteiger partial charge in [-0.1, -0.05) is 36.4 Å². The molecule has 0 radical (unpaired) electrons. The van der Waals surface area contributed by atoms with E-state index in [-0.39, 0.29) is 25.2 Å². The fourth-order valence-electron chi connectivity index (χ4n) is 3.81. The molecule has 2 aliphatic heterocycles. The summed E-state index contributed by atoms with van der Waals surface area (Å²) in [5.41, 5.74) is 3.18. The van der Waals surface area contributed by atoms with Gasteiger partial charge in [0.05, 0.1) is 13.7 Å². The van der Waals surface area contributed by atoms with E-state index in [9.17, 15) is 9.59 Å². The van der Waals surface area contributed by atoms with Crippen molar-refractivity contribution < 1.29 is 23.8 Å². The topological polar surface area (TPSA) is 65.1 Å². The van der Waals surface area contributed by atoms with Crippen molar-refractivity contribution in [2.75, 3.05) is 13.9 Å². The van der Waals surface area contributed by atoms with E-state index in [1.807, 2.05) is 36.4 Å². The summed E-state index contributed by atoms with van der Waals surface area (Å²) in [5.74, 6) is 1.30. The van der Waals surface area contributed by atoms with Crippen LogP contribution >= 0.6 is 0 Å². The Morgan fingerprint density at radius 1 is 0.903 bits per heavy atom. The zero-order chi connectivity index (χ0) is 21.4. The number of imide groups is 1. The van der Waals surface area contributed by atoms with Gasteiger partial charge < -0.3 is 14.2 Å². The molecular weight excluding hydrogens is 394 g/mol. The van der Waals surface area contributed by atoms with Gasteiger partial charge in [-0.15, -0.1) is 0 Å². The van der Waals surface area contributed by atoms with Crippen molar-refractivity contribution in [1.29, 1.82) is 0 Å². The lowest BCUT2D eigenvalue weighted by Gasteiger charge is -2.29. The standard InChI is InChI=1S/C25H19NO5/c1-29-18-6-4-5-16(11-18)12-21-19-7-2-3-8-20(19)24(27)26(25(21)28)14-17-9-10-22-23(13-17)31-15-30-22/h2-13H,14-15H2,1H3. The molecule has 0 aliphatic carbocycles. The Bertz CT molecular complexity index is 1230. The summed E-state index contributed by atoms with van der Waals surface area (Å²) in [6.45, 7) is 0.305. The Hall–Kier alpha value is -4.06. The van der Waals surface area contributed by atoms with Crippen LogP contribution in [-0.4, -0.2) is 30.6 Å². The minimum atomic E-state index is -0.343. The highest BCUT2D eigenvalue weighted by atomic mass is 16.7. The first-order valence-corrected chi connectivity index (χ1v) is 9.84. The number of ether oxygens (including phenoxy) is 3. The molecule has 3 aromatic carbocycles. The zero-order valence-corrected chi connectivity index (χ0v) is 16.8. The highest BCUT2D eigenvalue weighted by molar-refractivity contribution is 6.33. The molecule has 154 valence electrons. The highest BCUT2D eigenvalue weighted by Crippen LogP contribution is 2.35. The number of hydrogen-bond donors (Lipinski definition) is 0. The molecule has 0 saturated carbocycles. The maximum atomic E-state index is 13.4. The maximum Gasteiger partial charge on any atom is 0.261 e. The quantitative estimate of drug-likeness (QED) is 0.475. The molecule has 0 unspecified atom stereocenters. The third kappa shape index (κ3) is 3.42. The lowest BCUT2D eigenvalue weighted by Crippen LogP contribution is -2.41. The van der Waals surface area contributed by atoms with Gasteiger partial charge in [0.2, 0.25) is 6.79 Å². The van der Waals surface area contributed by atoms with Gasteiger partial charge >= 0.3 is 0 Å². The molecule has 0 fully saturated rings. The number of carbonyl (C=O) groups excluding carboxylic acids is 2. The molecule has 6 heteroatoms. The maximum absolute atomic E-state index is 13.4. The number of carbonyl (C=O) groups is 2. The van der Waals surface area contributed by atoms with Crippen LogP contribution in [0.25, 0.3) is 11.6 Å². The van der Waals surface area contributed by atoms with Crippen molar-refractivity contribution in [2.45, 2.75) is 6.54 Å². The van der Waals surface area contributed by atoms with Crippen LogP contribution in [-0.2, 0) is 11.3 Å². The van der Waals surface area contributed by atoms with E-state index in [1.165, 1.54) is 4.90 Å². The summed E-state index contributed by atoms with van der Waals surface area (Å²) in [6.07, 6.45) is 1.79. The molecule has 6 nitrogen and oxygen atoms in total. The molecule has 0 aromatic heterocycles. The average molecular weight is 413 g/mol. The minimum absolute atomic E-state index is 0.137. The Labute approximate surface area is 179 Å². The zero-order valence-electron chi connectivity index (χ0n) is 16.8. The van der Waals surface area contributed by atoms with Crippen molar-refractivity contribution in [2.24, 2.45) is 0 Å². The van der Waals surface area contributed by atoms with E-state index in [2.05, 4.69) is 0 Å². The number of benzene rings is 3. The van der Waals surface area contributed by atoms with Crippen LogP contribution in [0, 0.1) is 0 Å². The van der Waals surface area contributed by atoms with Gasteiger partial charge in [0, 0.05) is 11.1 Å². The molecule has 0 spiro atoms. The van der Waals surface area contributed by atoms with Gasteiger partial charge in [0.15, 0.2) is 11.5 Å². The number of rotatable bonds is 4. The molecule has 31 heavy (non-hydrogen) atoms. The predicted molar refractivity (Wildman–Crippen MR) is 115 cm³/mol. The van der Waals surface area contributed by atoms with Crippen LogP contribution in [0.15, 0.2) is 66.7 Å². The Kier molecular flexibility index (Phi) is 4.67. The molecule has 2 aliphatic rings. The van der Waals surface area contributed by atoms with Crippen molar-refractivity contribution in [3.05, 3.63) is 89.0 Å². The van der Waals surface area contributed by atoms with Crippen LogP contribution in [0.2, 0.25) is 0 Å². The summed E-state index contributed by atoms with van der Waals surface area (Å²) in [4.78, 5) is 27.9. The predicted octanol–water partition coefficient (Wildman–Crippen LogP) is 4.15. The number of hydrogen-bond acceptors (Lipinski definition) is 5. The second kappa shape index (κ2) is 7.65. The lowest BCUT2D eigenvalue weighted by molar-refractivity contribution is -0.123. The Morgan fingerprint density at radius 2 is 1.71 bits per heavy atom. The van der Waals surface area contributed by atoms with Crippen molar-refractivity contribution in [1.82, 2.24) is 4.90 Å². The van der Waals surface area contributed by atoms with Gasteiger partial charge in [-0.05, 0) is 53.1 Å². The molecule has 2 heterocycles. The molecular formula is C25H19NO5. The molecule has 2 amide bonds. The van der Waals surface area contributed by atoms with Crippen molar-refractivity contribution >= 4 is 23.5 Å². The van der Waals surface area contributed by atoms with Gasteiger partial charge in [-0.3, -0.25) is 14.5 Å².